The summed E-state index contributed by atoms with van der Waals surface area (Å²) in [6, 6.07) is 8.04. The Labute approximate surface area is 233 Å². The first-order chi connectivity index (χ1) is 18.7. The summed E-state index contributed by atoms with van der Waals surface area (Å²) >= 11 is 11.2. The van der Waals surface area contributed by atoms with E-state index in [0.29, 0.717) is 0 Å². The van der Waals surface area contributed by atoms with E-state index in [1.807, 2.05) is 0 Å². The highest BCUT2D eigenvalue weighted by Crippen LogP contribution is 2.26. The number of nitro groups is 1. The maximum absolute atomic E-state index is 12.8. The van der Waals surface area contributed by atoms with Crippen molar-refractivity contribution in [3.05, 3.63) is 69.8 Å². The van der Waals surface area contributed by atoms with Crippen molar-refractivity contribution in [1.29, 1.82) is 0 Å². The van der Waals surface area contributed by atoms with Crippen molar-refractivity contribution in [1.82, 2.24) is 5.32 Å². The SMILES string of the molecule is O=C(CO)OC[C@@H](NC(=O)C(Cl)Cl)[C@H](OC(=O)Cc1ccc(NC(=O)C(F)(F)F)cc1)c1ccc([N+](=O)[O-])cc1. The first-order valence-electron chi connectivity index (χ1n) is 11.0. The van der Waals surface area contributed by atoms with E-state index in [9.17, 15) is 42.5 Å². The molecule has 3 N–H and O–H groups in total. The molecule has 0 bridgehead atoms. The molecule has 0 saturated heterocycles. The van der Waals surface area contributed by atoms with E-state index in [0.717, 1.165) is 24.3 Å². The second-order valence-corrected chi connectivity index (χ2v) is 8.94. The molecule has 0 saturated carbocycles. The maximum atomic E-state index is 12.8. The number of rotatable bonds is 12. The summed E-state index contributed by atoms with van der Waals surface area (Å²) in [6.45, 7) is -1.65. The summed E-state index contributed by atoms with van der Waals surface area (Å²) in [5.74, 6) is -5.17. The lowest BCUT2D eigenvalue weighted by Gasteiger charge is -2.28. The zero-order valence-corrected chi connectivity index (χ0v) is 21.5. The van der Waals surface area contributed by atoms with Gasteiger partial charge < -0.3 is 25.2 Å². The molecule has 40 heavy (non-hydrogen) atoms. The number of carbonyl (C=O) groups excluding carboxylic acids is 4. The number of benzene rings is 2. The van der Waals surface area contributed by atoms with Gasteiger partial charge in [-0.3, -0.25) is 24.5 Å². The average molecular weight is 610 g/mol. The number of amides is 2. The molecule has 0 aliphatic carbocycles. The lowest BCUT2D eigenvalue weighted by molar-refractivity contribution is -0.384. The highest BCUT2D eigenvalue weighted by atomic mass is 35.5. The Balaban J connectivity index is 2.30. The summed E-state index contributed by atoms with van der Waals surface area (Å²) in [5.41, 5.74) is -0.115. The van der Waals surface area contributed by atoms with Gasteiger partial charge in [-0.2, -0.15) is 13.2 Å². The van der Waals surface area contributed by atoms with Crippen LogP contribution in [0.25, 0.3) is 0 Å². The summed E-state index contributed by atoms with van der Waals surface area (Å²) in [4.78, 5) is 56.4. The van der Waals surface area contributed by atoms with Crippen LogP contribution >= 0.6 is 23.2 Å². The minimum atomic E-state index is -5.10. The number of nitrogens with one attached hydrogen (secondary N) is 2. The molecule has 2 rings (SSSR count). The smallest absolute Gasteiger partial charge is 0.462 e. The highest BCUT2D eigenvalue weighted by Gasteiger charge is 2.38. The normalized spacial score (nSPS) is 12.7. The predicted octanol–water partition coefficient (Wildman–Crippen LogP) is 2.75. The molecule has 0 heterocycles. The molecule has 2 atom stereocenters. The molecule has 0 fully saturated rings. The van der Waals surface area contributed by atoms with Gasteiger partial charge in [-0.15, -0.1) is 0 Å². The lowest BCUT2D eigenvalue weighted by Crippen LogP contribution is -2.46. The molecule has 0 spiro atoms. The topological polar surface area (TPSA) is 174 Å². The third-order valence-corrected chi connectivity index (χ3v) is 5.35. The molecular weight excluding hydrogens is 590 g/mol. The second-order valence-electron chi connectivity index (χ2n) is 7.84. The number of hydrogen-bond acceptors (Lipinski definition) is 9. The number of nitrogens with zero attached hydrogens (tertiary/aromatic N) is 1. The molecule has 12 nitrogen and oxygen atoms in total. The Morgan fingerprint density at radius 2 is 1.60 bits per heavy atom. The van der Waals surface area contributed by atoms with E-state index in [1.54, 1.807) is 5.32 Å². The van der Waals surface area contributed by atoms with Crippen molar-refractivity contribution in [2.75, 3.05) is 18.5 Å². The Morgan fingerprint density at radius 1 is 1.00 bits per heavy atom. The van der Waals surface area contributed by atoms with Gasteiger partial charge in [-0.05, 0) is 35.4 Å². The molecule has 0 aliphatic rings. The van der Waals surface area contributed by atoms with Gasteiger partial charge in [0.05, 0.1) is 11.3 Å². The maximum Gasteiger partial charge on any atom is 0.471 e. The van der Waals surface area contributed by atoms with Gasteiger partial charge in [0, 0.05) is 17.8 Å². The molecule has 2 amide bonds. The van der Waals surface area contributed by atoms with Gasteiger partial charge in [0.2, 0.25) is 0 Å². The highest BCUT2D eigenvalue weighted by molar-refractivity contribution is 6.53. The lowest BCUT2D eigenvalue weighted by atomic mass is 10.0. The zero-order valence-electron chi connectivity index (χ0n) is 20.0. The molecule has 0 unspecified atom stereocenters. The fraction of sp³-hybridized carbons (Fsp3) is 0.304. The monoisotopic (exact) mass is 609 g/mol. The van der Waals surface area contributed by atoms with E-state index >= 15 is 0 Å². The molecule has 0 radical (unpaired) electrons. The van der Waals surface area contributed by atoms with E-state index in [-0.39, 0.29) is 22.5 Å². The van der Waals surface area contributed by atoms with Crippen LogP contribution in [0.5, 0.6) is 0 Å². The summed E-state index contributed by atoms with van der Waals surface area (Å²) in [7, 11) is 0. The van der Waals surface area contributed by atoms with E-state index in [1.165, 1.54) is 24.3 Å². The number of aliphatic hydroxyl groups is 1. The Morgan fingerprint density at radius 3 is 2.10 bits per heavy atom. The summed E-state index contributed by atoms with van der Waals surface area (Å²) < 4.78 is 47.7. The molecule has 17 heteroatoms. The Bertz CT molecular complexity index is 1230. The number of carbonyl (C=O) groups is 4. The number of hydrogen-bond donors (Lipinski definition) is 3. The number of alkyl halides is 5. The van der Waals surface area contributed by atoms with Crippen molar-refractivity contribution in [2.45, 2.75) is 29.6 Å². The molecular formula is C23H20Cl2F3N3O9. The van der Waals surface area contributed by atoms with Crippen LogP contribution in [0.3, 0.4) is 0 Å². The van der Waals surface area contributed by atoms with Crippen molar-refractivity contribution in [2.24, 2.45) is 0 Å². The second kappa shape index (κ2) is 14.4. The minimum Gasteiger partial charge on any atom is -0.462 e. The van der Waals surface area contributed by atoms with Gasteiger partial charge in [0.25, 0.3) is 11.6 Å². The predicted molar refractivity (Wildman–Crippen MR) is 132 cm³/mol. The van der Waals surface area contributed by atoms with Gasteiger partial charge in [0.15, 0.2) is 10.9 Å². The summed E-state index contributed by atoms with van der Waals surface area (Å²) in [6.07, 6.45) is -6.97. The van der Waals surface area contributed by atoms with Gasteiger partial charge in [-0.25, -0.2) is 4.79 Å². The van der Waals surface area contributed by atoms with Gasteiger partial charge in [-0.1, -0.05) is 35.3 Å². The molecule has 216 valence electrons. The van der Waals surface area contributed by atoms with Gasteiger partial charge >= 0.3 is 24.0 Å². The first-order valence-corrected chi connectivity index (χ1v) is 11.8. The third kappa shape index (κ3) is 9.98. The van der Waals surface area contributed by atoms with Crippen molar-refractivity contribution in [3.8, 4) is 0 Å². The third-order valence-electron chi connectivity index (χ3n) is 4.95. The van der Waals surface area contributed by atoms with Gasteiger partial charge in [0.1, 0.15) is 19.3 Å². The first kappa shape index (κ1) is 32.3. The quantitative estimate of drug-likeness (QED) is 0.141. The van der Waals surface area contributed by atoms with Crippen LogP contribution < -0.4 is 10.6 Å². The molecule has 2 aromatic rings. The van der Waals surface area contributed by atoms with Crippen LogP contribution in [0.15, 0.2) is 48.5 Å². The number of anilines is 1. The van der Waals surface area contributed by atoms with Crippen LogP contribution in [0.2, 0.25) is 0 Å². The number of halogens is 5. The molecule has 2 aromatic carbocycles. The van der Waals surface area contributed by atoms with E-state index < -0.39 is 71.5 Å². The van der Waals surface area contributed by atoms with Crippen LogP contribution in [0.1, 0.15) is 17.2 Å². The van der Waals surface area contributed by atoms with Crippen LogP contribution in [-0.2, 0) is 35.1 Å². The fourth-order valence-electron chi connectivity index (χ4n) is 3.10. The van der Waals surface area contributed by atoms with E-state index in [4.69, 9.17) is 37.8 Å². The minimum absolute atomic E-state index is 0.121. The van der Waals surface area contributed by atoms with Crippen LogP contribution in [0, 0.1) is 10.1 Å². The zero-order chi connectivity index (χ0) is 30.0. The number of nitro benzene ring substituents is 1. The van der Waals surface area contributed by atoms with Crippen LogP contribution in [-0.4, -0.2) is 64.1 Å². The van der Waals surface area contributed by atoms with Crippen molar-refractivity contribution >= 4 is 58.3 Å². The number of aliphatic hydroxyl groups excluding tert-OH is 1. The molecule has 0 aromatic heterocycles. The van der Waals surface area contributed by atoms with Crippen LogP contribution in [0.4, 0.5) is 24.5 Å². The fourth-order valence-corrected chi connectivity index (χ4v) is 3.23. The Kier molecular flexibility index (Phi) is 11.6. The Hall–Kier alpha value is -3.95. The largest absolute Gasteiger partial charge is 0.471 e. The number of ether oxygens (including phenoxy) is 2. The molecule has 0 aliphatic heterocycles. The number of non-ortho nitro benzene ring substituents is 1. The average Bonchev–Trinajstić information content (AvgIpc) is 2.90. The van der Waals surface area contributed by atoms with E-state index in [2.05, 4.69) is 5.32 Å². The number of esters is 2. The standard InChI is InChI=1S/C23H20Cl2F3N3O9/c24-20(25)21(35)30-16(11-39-18(34)10-32)19(13-3-7-15(8-4-13)31(37)38)40-17(33)9-12-1-5-14(6-2-12)29-22(36)23(26,27)28/h1-8,16,19-20,32H,9-11H2,(H,29,36)(H,30,35)/t16-,19-/m1/s1. The van der Waals surface area contributed by atoms with Crippen molar-refractivity contribution < 1.29 is 51.9 Å². The van der Waals surface area contributed by atoms with Crippen molar-refractivity contribution in [3.63, 3.8) is 0 Å². The summed E-state index contributed by atoms with van der Waals surface area (Å²) in [5, 5.41) is 24.0.